The average Bonchev–Trinajstić information content (AvgIpc) is 2.95. The van der Waals surface area contributed by atoms with Crippen LogP contribution in [0.15, 0.2) is 29.2 Å². The minimum absolute atomic E-state index is 0.0704. The van der Waals surface area contributed by atoms with Crippen LogP contribution in [-0.4, -0.2) is 35.1 Å². The molecule has 0 unspecified atom stereocenters. The molecular weight excluding hydrogens is 368 g/mol. The van der Waals surface area contributed by atoms with Crippen LogP contribution >= 0.6 is 11.3 Å². The van der Waals surface area contributed by atoms with Crippen LogP contribution in [0, 0.1) is 10.1 Å². The summed E-state index contributed by atoms with van der Waals surface area (Å²) in [6.45, 7) is 1.61. The van der Waals surface area contributed by atoms with E-state index < -0.39 is 20.6 Å². The van der Waals surface area contributed by atoms with Gasteiger partial charge in [0, 0.05) is 30.8 Å². The minimum atomic E-state index is -4.01. The van der Waals surface area contributed by atoms with Crippen molar-refractivity contribution in [2.75, 3.05) is 11.9 Å². The van der Waals surface area contributed by atoms with Gasteiger partial charge in [0.05, 0.1) is 17.2 Å². The first-order valence-electron chi connectivity index (χ1n) is 7.29. The van der Waals surface area contributed by atoms with E-state index in [-0.39, 0.29) is 23.9 Å². The fourth-order valence-electron chi connectivity index (χ4n) is 2.55. The number of para-hydroxylation sites is 1. The number of nitro groups is 1. The summed E-state index contributed by atoms with van der Waals surface area (Å²) in [5.74, 6) is -0.254. The largest absolute Gasteiger partial charge is 0.302 e. The second kappa shape index (κ2) is 6.50. The summed E-state index contributed by atoms with van der Waals surface area (Å²) in [5.41, 5.74) is 0.291. The van der Waals surface area contributed by atoms with E-state index in [0.717, 1.165) is 10.6 Å². The normalized spacial score (nSPS) is 14.8. The topological polar surface area (TPSA) is 123 Å². The summed E-state index contributed by atoms with van der Waals surface area (Å²) in [4.78, 5) is 26.2. The molecule has 1 N–H and O–H groups in total. The van der Waals surface area contributed by atoms with Gasteiger partial charge in [-0.15, -0.1) is 11.3 Å². The smallest absolute Gasteiger partial charge is 0.289 e. The third-order valence-electron chi connectivity index (χ3n) is 3.66. The van der Waals surface area contributed by atoms with E-state index in [9.17, 15) is 23.3 Å². The summed E-state index contributed by atoms with van der Waals surface area (Å²) in [6.07, 6.45) is 0.380. The zero-order chi connectivity index (χ0) is 18.2. The second-order valence-corrected chi connectivity index (χ2v) is 8.37. The molecule has 0 bridgehead atoms. The number of carbonyl (C=O) groups is 1. The summed E-state index contributed by atoms with van der Waals surface area (Å²) in [6, 6.07) is 5.29. The van der Waals surface area contributed by atoms with Gasteiger partial charge in [-0.1, -0.05) is 12.1 Å². The number of anilines is 1. The van der Waals surface area contributed by atoms with Crippen molar-refractivity contribution in [1.82, 2.24) is 9.29 Å². The molecule has 132 valence electrons. The molecule has 0 spiro atoms. The molecule has 9 nitrogen and oxygen atoms in total. The molecule has 1 aliphatic rings. The molecule has 0 aliphatic carbocycles. The number of sulfonamides is 1. The highest BCUT2D eigenvalue weighted by molar-refractivity contribution is 7.89. The molecule has 1 aliphatic heterocycles. The van der Waals surface area contributed by atoms with E-state index in [1.165, 1.54) is 46.8 Å². The molecule has 1 amide bonds. The molecule has 1 aromatic carbocycles. The number of aromatic nitrogens is 1. The fourth-order valence-corrected chi connectivity index (χ4v) is 5.26. The maximum atomic E-state index is 12.8. The maximum absolute atomic E-state index is 12.8. The van der Waals surface area contributed by atoms with E-state index in [1.807, 2.05) is 0 Å². The Kier molecular flexibility index (Phi) is 4.54. The Morgan fingerprint density at radius 3 is 2.80 bits per heavy atom. The van der Waals surface area contributed by atoms with E-state index >= 15 is 0 Å². The minimum Gasteiger partial charge on any atom is -0.302 e. The molecule has 0 atom stereocenters. The highest BCUT2D eigenvalue weighted by Gasteiger charge is 2.34. The van der Waals surface area contributed by atoms with Crippen molar-refractivity contribution in [1.29, 1.82) is 0 Å². The molecule has 2 heterocycles. The first-order valence-corrected chi connectivity index (χ1v) is 9.54. The SMILES string of the molecule is CC(=O)Nc1nc2c(s1)CN(S(=O)(=O)c1ccccc1[N+](=O)[O-])CC2. The molecule has 25 heavy (non-hydrogen) atoms. The van der Waals surface area contributed by atoms with Gasteiger partial charge in [-0.05, 0) is 6.07 Å². The molecule has 1 aromatic heterocycles. The van der Waals surface area contributed by atoms with Gasteiger partial charge in [0.2, 0.25) is 15.9 Å². The summed E-state index contributed by atoms with van der Waals surface area (Å²) in [7, 11) is -4.01. The first kappa shape index (κ1) is 17.5. The number of benzene rings is 1. The Morgan fingerprint density at radius 1 is 1.40 bits per heavy atom. The predicted octanol–water partition coefficient (Wildman–Crippen LogP) is 1.76. The Balaban J connectivity index is 1.92. The van der Waals surface area contributed by atoms with Crippen molar-refractivity contribution in [2.45, 2.75) is 24.8 Å². The lowest BCUT2D eigenvalue weighted by Gasteiger charge is -2.25. The molecule has 0 saturated carbocycles. The van der Waals surface area contributed by atoms with Crippen LogP contribution in [0.2, 0.25) is 0 Å². The summed E-state index contributed by atoms with van der Waals surface area (Å²) in [5, 5.41) is 14.1. The van der Waals surface area contributed by atoms with E-state index in [1.54, 1.807) is 0 Å². The Labute approximate surface area is 147 Å². The van der Waals surface area contributed by atoms with E-state index in [0.29, 0.717) is 11.6 Å². The third-order valence-corrected chi connectivity index (χ3v) is 6.55. The number of carbonyl (C=O) groups excluding carboxylic acids is 1. The molecule has 0 saturated heterocycles. The molecule has 3 rings (SSSR count). The van der Waals surface area contributed by atoms with Gasteiger partial charge < -0.3 is 5.32 Å². The van der Waals surface area contributed by atoms with Crippen LogP contribution in [0.4, 0.5) is 10.8 Å². The number of hydrogen-bond donors (Lipinski definition) is 1. The van der Waals surface area contributed by atoms with Crippen LogP contribution < -0.4 is 5.32 Å². The molecule has 11 heteroatoms. The lowest BCUT2D eigenvalue weighted by Crippen LogP contribution is -2.35. The van der Waals surface area contributed by atoms with Gasteiger partial charge in [0.1, 0.15) is 0 Å². The van der Waals surface area contributed by atoms with Gasteiger partial charge >= 0.3 is 0 Å². The highest BCUT2D eigenvalue weighted by Crippen LogP contribution is 2.33. The number of hydrogen-bond acceptors (Lipinski definition) is 7. The number of amides is 1. The van der Waals surface area contributed by atoms with Gasteiger partial charge in [0.15, 0.2) is 10.0 Å². The highest BCUT2D eigenvalue weighted by atomic mass is 32.2. The fraction of sp³-hybridized carbons (Fsp3) is 0.286. The van der Waals surface area contributed by atoms with Crippen LogP contribution in [-0.2, 0) is 27.8 Å². The number of fused-ring (bicyclic) bond motifs is 1. The lowest BCUT2D eigenvalue weighted by atomic mass is 10.2. The lowest BCUT2D eigenvalue weighted by molar-refractivity contribution is -0.387. The Bertz CT molecular complexity index is 954. The van der Waals surface area contributed by atoms with Gasteiger partial charge in [-0.2, -0.15) is 4.31 Å². The Morgan fingerprint density at radius 2 is 2.12 bits per heavy atom. The number of nitro benzene ring substituents is 1. The van der Waals surface area contributed by atoms with Gasteiger partial charge in [-0.25, -0.2) is 13.4 Å². The molecule has 2 aromatic rings. The van der Waals surface area contributed by atoms with Gasteiger partial charge in [0.25, 0.3) is 5.69 Å². The van der Waals surface area contributed by atoms with E-state index in [4.69, 9.17) is 0 Å². The van der Waals surface area contributed by atoms with Crippen LogP contribution in [0.3, 0.4) is 0 Å². The first-order chi connectivity index (χ1) is 11.8. The van der Waals surface area contributed by atoms with Crippen molar-refractivity contribution < 1.29 is 18.1 Å². The van der Waals surface area contributed by atoms with Crippen molar-refractivity contribution >= 4 is 38.1 Å². The number of nitrogens with zero attached hydrogens (tertiary/aromatic N) is 3. The van der Waals surface area contributed by atoms with Crippen molar-refractivity contribution in [3.05, 3.63) is 45.0 Å². The third kappa shape index (κ3) is 3.38. The van der Waals surface area contributed by atoms with Crippen molar-refractivity contribution in [3.8, 4) is 0 Å². The zero-order valence-electron chi connectivity index (χ0n) is 13.1. The van der Waals surface area contributed by atoms with E-state index in [2.05, 4.69) is 10.3 Å². The van der Waals surface area contributed by atoms with Crippen LogP contribution in [0.5, 0.6) is 0 Å². The second-order valence-electron chi connectivity index (χ2n) is 5.38. The quantitative estimate of drug-likeness (QED) is 0.635. The average molecular weight is 382 g/mol. The van der Waals surface area contributed by atoms with Crippen LogP contribution in [0.25, 0.3) is 0 Å². The number of thiazole rings is 1. The van der Waals surface area contributed by atoms with Gasteiger partial charge in [-0.3, -0.25) is 14.9 Å². The molecule has 0 radical (unpaired) electrons. The molecular formula is C14H14N4O5S2. The maximum Gasteiger partial charge on any atom is 0.289 e. The Hall–Kier alpha value is -2.37. The van der Waals surface area contributed by atoms with Crippen molar-refractivity contribution in [3.63, 3.8) is 0 Å². The van der Waals surface area contributed by atoms with Crippen molar-refractivity contribution in [2.24, 2.45) is 0 Å². The number of nitrogens with one attached hydrogen (secondary N) is 1. The van der Waals surface area contributed by atoms with Crippen LogP contribution in [0.1, 0.15) is 17.5 Å². The predicted molar refractivity (Wildman–Crippen MR) is 90.8 cm³/mol. The zero-order valence-corrected chi connectivity index (χ0v) is 14.8. The molecule has 0 fully saturated rings. The number of rotatable bonds is 4. The monoisotopic (exact) mass is 382 g/mol. The standard InChI is InChI=1S/C14H14N4O5S2/c1-9(19)15-14-16-10-6-7-17(8-12(10)24-14)25(22,23)13-5-3-2-4-11(13)18(20)21/h2-5H,6-8H2,1H3,(H,15,16,19). The summed E-state index contributed by atoms with van der Waals surface area (Å²) < 4.78 is 26.9. The summed E-state index contributed by atoms with van der Waals surface area (Å²) >= 11 is 1.21.